The van der Waals surface area contributed by atoms with Crippen LogP contribution in [0, 0.1) is 19.8 Å². The van der Waals surface area contributed by atoms with Gasteiger partial charge in [0.05, 0.1) is 19.2 Å². The van der Waals surface area contributed by atoms with E-state index in [-0.39, 0.29) is 25.0 Å². The van der Waals surface area contributed by atoms with Crippen LogP contribution < -0.4 is 9.47 Å². The minimum atomic E-state index is -0.241. The van der Waals surface area contributed by atoms with Crippen molar-refractivity contribution in [2.45, 2.75) is 33.6 Å². The third-order valence-corrected chi connectivity index (χ3v) is 6.68. The van der Waals surface area contributed by atoms with Gasteiger partial charge in [-0.2, -0.15) is 0 Å². The number of rotatable bonds is 7. The number of hydrogen-bond acceptors (Lipinski definition) is 5. The summed E-state index contributed by atoms with van der Waals surface area (Å²) >= 11 is 0. The molecule has 2 heterocycles. The van der Waals surface area contributed by atoms with Crippen molar-refractivity contribution in [2.75, 3.05) is 33.4 Å². The van der Waals surface area contributed by atoms with Crippen LogP contribution in [0.2, 0.25) is 0 Å². The SMILES string of the molecule is COc1ccc(OCCN2C(=O)C(c3ccc(C)c(C)c3)=C(N3CCC(C)CC3)C2=O)cc1. The summed E-state index contributed by atoms with van der Waals surface area (Å²) in [5.41, 5.74) is 4.13. The Labute approximate surface area is 195 Å². The highest BCUT2D eigenvalue weighted by atomic mass is 16.5. The van der Waals surface area contributed by atoms with Gasteiger partial charge in [-0.1, -0.05) is 25.1 Å². The summed E-state index contributed by atoms with van der Waals surface area (Å²) in [7, 11) is 1.61. The molecule has 0 radical (unpaired) electrons. The number of imide groups is 1. The Balaban J connectivity index is 1.56. The second-order valence-corrected chi connectivity index (χ2v) is 8.98. The van der Waals surface area contributed by atoms with E-state index in [0.29, 0.717) is 22.9 Å². The normalized spacial score (nSPS) is 17.2. The van der Waals surface area contributed by atoms with E-state index >= 15 is 0 Å². The summed E-state index contributed by atoms with van der Waals surface area (Å²) in [5.74, 6) is 1.59. The van der Waals surface area contributed by atoms with Gasteiger partial charge in [-0.15, -0.1) is 0 Å². The zero-order valence-electron chi connectivity index (χ0n) is 19.9. The highest BCUT2D eigenvalue weighted by molar-refractivity contribution is 6.35. The summed E-state index contributed by atoms with van der Waals surface area (Å²) in [6.07, 6.45) is 2.04. The van der Waals surface area contributed by atoms with Crippen molar-refractivity contribution < 1.29 is 19.1 Å². The first-order valence-corrected chi connectivity index (χ1v) is 11.6. The van der Waals surface area contributed by atoms with Crippen LogP contribution in [0.1, 0.15) is 36.5 Å². The lowest BCUT2D eigenvalue weighted by atomic mass is 9.96. The Kier molecular flexibility index (Phi) is 6.72. The maximum Gasteiger partial charge on any atom is 0.277 e. The lowest BCUT2D eigenvalue weighted by Gasteiger charge is -2.32. The molecular formula is C27H32N2O4. The van der Waals surface area contributed by atoms with Gasteiger partial charge >= 0.3 is 0 Å². The van der Waals surface area contributed by atoms with Crippen molar-refractivity contribution in [3.05, 3.63) is 64.9 Å². The Morgan fingerprint density at radius 2 is 1.58 bits per heavy atom. The van der Waals surface area contributed by atoms with E-state index in [1.807, 2.05) is 56.3 Å². The largest absolute Gasteiger partial charge is 0.497 e. The van der Waals surface area contributed by atoms with Crippen LogP contribution in [0.4, 0.5) is 0 Å². The summed E-state index contributed by atoms with van der Waals surface area (Å²) in [4.78, 5) is 30.4. The number of carbonyl (C=O) groups is 2. The van der Waals surface area contributed by atoms with Gasteiger partial charge in [-0.25, -0.2) is 0 Å². The molecule has 1 fully saturated rings. The molecule has 33 heavy (non-hydrogen) atoms. The molecule has 0 aromatic heterocycles. The van der Waals surface area contributed by atoms with E-state index in [0.717, 1.165) is 48.4 Å². The third kappa shape index (κ3) is 4.75. The fraction of sp³-hybridized carbons (Fsp3) is 0.407. The fourth-order valence-electron chi connectivity index (χ4n) is 4.38. The molecule has 2 aromatic carbocycles. The lowest BCUT2D eigenvalue weighted by molar-refractivity contribution is -0.138. The molecule has 2 aliphatic rings. The van der Waals surface area contributed by atoms with Crippen LogP contribution in [-0.4, -0.2) is 55.0 Å². The number of nitrogens with zero attached hydrogens (tertiary/aromatic N) is 2. The van der Waals surface area contributed by atoms with Crippen molar-refractivity contribution in [1.82, 2.24) is 9.80 Å². The minimum absolute atomic E-state index is 0.200. The molecular weight excluding hydrogens is 416 g/mol. The molecule has 2 aromatic rings. The number of methoxy groups -OCH3 is 1. The molecule has 6 heteroatoms. The molecule has 0 atom stereocenters. The predicted octanol–water partition coefficient (Wildman–Crippen LogP) is 4.20. The molecule has 174 valence electrons. The molecule has 0 aliphatic carbocycles. The highest BCUT2D eigenvalue weighted by Gasteiger charge is 2.42. The zero-order chi connectivity index (χ0) is 23.5. The van der Waals surface area contributed by atoms with Crippen LogP contribution >= 0.6 is 0 Å². The van der Waals surface area contributed by atoms with Gasteiger partial charge in [0.25, 0.3) is 11.8 Å². The molecule has 0 spiro atoms. The van der Waals surface area contributed by atoms with Crippen molar-refractivity contribution in [3.8, 4) is 11.5 Å². The number of carbonyl (C=O) groups excluding carboxylic acids is 2. The van der Waals surface area contributed by atoms with Gasteiger partial charge in [0.1, 0.15) is 23.8 Å². The molecule has 0 N–H and O–H groups in total. The smallest absolute Gasteiger partial charge is 0.277 e. The monoisotopic (exact) mass is 448 g/mol. The average molecular weight is 449 g/mol. The standard InChI is InChI=1S/C27H32N2O4/c1-18-11-13-28(14-12-18)25-24(21-6-5-19(2)20(3)17-21)26(30)29(27(25)31)15-16-33-23-9-7-22(32-4)8-10-23/h5-10,17-18H,11-16H2,1-4H3. The van der Waals surface area contributed by atoms with Crippen LogP contribution in [0.3, 0.4) is 0 Å². The molecule has 0 saturated carbocycles. The van der Waals surface area contributed by atoms with Gasteiger partial charge in [0, 0.05) is 13.1 Å². The van der Waals surface area contributed by atoms with Crippen LogP contribution in [0.25, 0.3) is 5.57 Å². The molecule has 0 bridgehead atoms. The Hall–Kier alpha value is -3.28. The number of piperidine rings is 1. The van der Waals surface area contributed by atoms with Gasteiger partial charge in [-0.3, -0.25) is 14.5 Å². The first kappa shape index (κ1) is 22.9. The van der Waals surface area contributed by atoms with Gasteiger partial charge in [0.2, 0.25) is 0 Å². The number of hydrogen-bond donors (Lipinski definition) is 0. The Bertz CT molecular complexity index is 1070. The highest BCUT2D eigenvalue weighted by Crippen LogP contribution is 2.34. The number of aryl methyl sites for hydroxylation is 2. The quantitative estimate of drug-likeness (QED) is 0.594. The molecule has 0 unspecified atom stereocenters. The second kappa shape index (κ2) is 9.69. The second-order valence-electron chi connectivity index (χ2n) is 8.98. The first-order chi connectivity index (χ1) is 15.9. The zero-order valence-corrected chi connectivity index (χ0v) is 19.9. The van der Waals surface area contributed by atoms with E-state index in [4.69, 9.17) is 9.47 Å². The number of amides is 2. The molecule has 4 rings (SSSR count). The molecule has 2 aliphatic heterocycles. The van der Waals surface area contributed by atoms with Crippen molar-refractivity contribution in [2.24, 2.45) is 5.92 Å². The number of benzene rings is 2. The molecule has 2 amide bonds. The Morgan fingerprint density at radius 1 is 0.909 bits per heavy atom. The average Bonchev–Trinajstić information content (AvgIpc) is 3.06. The summed E-state index contributed by atoms with van der Waals surface area (Å²) in [6, 6.07) is 13.2. The third-order valence-electron chi connectivity index (χ3n) is 6.68. The first-order valence-electron chi connectivity index (χ1n) is 11.6. The van der Waals surface area contributed by atoms with Crippen LogP contribution in [0.5, 0.6) is 11.5 Å². The van der Waals surface area contributed by atoms with E-state index in [1.54, 1.807) is 7.11 Å². The summed E-state index contributed by atoms with van der Waals surface area (Å²) in [6.45, 7) is 8.33. The van der Waals surface area contributed by atoms with E-state index in [1.165, 1.54) is 4.90 Å². The van der Waals surface area contributed by atoms with E-state index < -0.39 is 0 Å². The predicted molar refractivity (Wildman–Crippen MR) is 128 cm³/mol. The molecule has 1 saturated heterocycles. The molecule has 6 nitrogen and oxygen atoms in total. The topological polar surface area (TPSA) is 59.1 Å². The van der Waals surface area contributed by atoms with E-state index in [9.17, 15) is 9.59 Å². The van der Waals surface area contributed by atoms with Crippen molar-refractivity contribution in [1.29, 1.82) is 0 Å². The summed E-state index contributed by atoms with van der Waals surface area (Å²) in [5, 5.41) is 0. The summed E-state index contributed by atoms with van der Waals surface area (Å²) < 4.78 is 11.0. The number of likely N-dealkylation sites (tertiary alicyclic amines) is 1. The Morgan fingerprint density at radius 3 is 2.21 bits per heavy atom. The van der Waals surface area contributed by atoms with Gasteiger partial charge in [-0.05, 0) is 73.6 Å². The van der Waals surface area contributed by atoms with E-state index in [2.05, 4.69) is 11.8 Å². The number of ether oxygens (including phenoxy) is 2. The fourth-order valence-corrected chi connectivity index (χ4v) is 4.38. The lowest BCUT2D eigenvalue weighted by Crippen LogP contribution is -2.39. The van der Waals surface area contributed by atoms with Crippen LogP contribution in [-0.2, 0) is 9.59 Å². The maximum atomic E-state index is 13.5. The minimum Gasteiger partial charge on any atom is -0.497 e. The van der Waals surface area contributed by atoms with Gasteiger partial charge in [0.15, 0.2) is 0 Å². The van der Waals surface area contributed by atoms with Gasteiger partial charge < -0.3 is 14.4 Å². The van der Waals surface area contributed by atoms with Crippen molar-refractivity contribution >= 4 is 17.4 Å². The maximum absolute atomic E-state index is 13.5. The van der Waals surface area contributed by atoms with Crippen molar-refractivity contribution in [3.63, 3.8) is 0 Å². The van der Waals surface area contributed by atoms with Crippen LogP contribution in [0.15, 0.2) is 48.2 Å².